The van der Waals surface area contributed by atoms with Gasteiger partial charge in [0.1, 0.15) is 0 Å². The standard InChI is InChI=1S/C15H24N2O/c1-11(2)8-14(16)15(18)17(4)10-13-7-5-6-12(3)9-13/h5-7,9,11,14H,8,10,16H2,1-4H3/t14-/m1/s1. The Kier molecular flexibility index (Phi) is 5.35. The van der Waals surface area contributed by atoms with E-state index in [0.29, 0.717) is 12.5 Å². The normalized spacial score (nSPS) is 12.6. The van der Waals surface area contributed by atoms with Crippen LogP contribution in [0.3, 0.4) is 0 Å². The molecule has 0 bridgehead atoms. The van der Waals surface area contributed by atoms with Gasteiger partial charge in [-0.2, -0.15) is 0 Å². The van der Waals surface area contributed by atoms with Gasteiger partial charge in [-0.05, 0) is 24.8 Å². The van der Waals surface area contributed by atoms with Gasteiger partial charge in [0.15, 0.2) is 0 Å². The first kappa shape index (κ1) is 14.7. The molecule has 1 rings (SSSR count). The molecule has 1 amide bonds. The summed E-state index contributed by atoms with van der Waals surface area (Å²) < 4.78 is 0. The predicted octanol–water partition coefficient (Wildman–Crippen LogP) is 2.33. The van der Waals surface area contributed by atoms with Crippen LogP contribution < -0.4 is 5.73 Å². The highest BCUT2D eigenvalue weighted by Crippen LogP contribution is 2.09. The molecule has 1 aromatic carbocycles. The summed E-state index contributed by atoms with van der Waals surface area (Å²) in [5.74, 6) is 0.460. The van der Waals surface area contributed by atoms with E-state index in [1.807, 2.05) is 19.2 Å². The monoisotopic (exact) mass is 248 g/mol. The summed E-state index contributed by atoms with van der Waals surface area (Å²) >= 11 is 0. The van der Waals surface area contributed by atoms with Gasteiger partial charge >= 0.3 is 0 Å². The summed E-state index contributed by atoms with van der Waals surface area (Å²) in [7, 11) is 1.81. The average molecular weight is 248 g/mol. The van der Waals surface area contributed by atoms with Crippen LogP contribution in [-0.2, 0) is 11.3 Å². The number of carbonyl (C=O) groups excluding carboxylic acids is 1. The van der Waals surface area contributed by atoms with Gasteiger partial charge < -0.3 is 10.6 Å². The smallest absolute Gasteiger partial charge is 0.239 e. The second-order valence-electron chi connectivity index (χ2n) is 5.42. The molecule has 18 heavy (non-hydrogen) atoms. The molecule has 0 radical (unpaired) electrons. The third-order valence-corrected chi connectivity index (χ3v) is 2.92. The maximum atomic E-state index is 12.1. The highest BCUT2D eigenvalue weighted by molar-refractivity contribution is 5.81. The van der Waals surface area contributed by atoms with Gasteiger partial charge in [0.25, 0.3) is 0 Å². The number of rotatable bonds is 5. The Bertz CT molecular complexity index is 401. The van der Waals surface area contributed by atoms with Crippen LogP contribution in [0.2, 0.25) is 0 Å². The van der Waals surface area contributed by atoms with E-state index in [0.717, 1.165) is 12.0 Å². The zero-order valence-electron chi connectivity index (χ0n) is 11.8. The van der Waals surface area contributed by atoms with Crippen LogP contribution in [0.5, 0.6) is 0 Å². The first-order chi connectivity index (χ1) is 8.40. The third-order valence-electron chi connectivity index (χ3n) is 2.92. The van der Waals surface area contributed by atoms with E-state index in [9.17, 15) is 4.79 Å². The minimum absolute atomic E-state index is 0.0187. The molecule has 0 saturated heterocycles. The van der Waals surface area contributed by atoms with E-state index in [1.165, 1.54) is 5.56 Å². The van der Waals surface area contributed by atoms with E-state index < -0.39 is 0 Å². The Balaban J connectivity index is 2.59. The quantitative estimate of drug-likeness (QED) is 0.869. The first-order valence-electron chi connectivity index (χ1n) is 6.46. The fourth-order valence-corrected chi connectivity index (χ4v) is 2.05. The van der Waals surface area contributed by atoms with Gasteiger partial charge in [0, 0.05) is 13.6 Å². The van der Waals surface area contributed by atoms with Crippen molar-refractivity contribution in [3.63, 3.8) is 0 Å². The number of hydrogen-bond acceptors (Lipinski definition) is 2. The zero-order valence-corrected chi connectivity index (χ0v) is 11.8. The van der Waals surface area contributed by atoms with Crippen LogP contribution in [-0.4, -0.2) is 23.9 Å². The van der Waals surface area contributed by atoms with Gasteiger partial charge in [-0.3, -0.25) is 4.79 Å². The highest BCUT2D eigenvalue weighted by atomic mass is 16.2. The van der Waals surface area contributed by atoms with Crippen LogP contribution in [0.1, 0.15) is 31.4 Å². The van der Waals surface area contributed by atoms with Crippen LogP contribution in [0.25, 0.3) is 0 Å². The topological polar surface area (TPSA) is 46.3 Å². The van der Waals surface area contributed by atoms with E-state index in [2.05, 4.69) is 32.9 Å². The Morgan fingerprint density at radius 2 is 2.06 bits per heavy atom. The SMILES string of the molecule is Cc1cccc(CN(C)C(=O)[C@H](N)CC(C)C)c1. The van der Waals surface area contributed by atoms with Crippen molar-refractivity contribution in [2.24, 2.45) is 11.7 Å². The number of benzene rings is 1. The molecule has 1 atom stereocenters. The lowest BCUT2D eigenvalue weighted by Gasteiger charge is -2.22. The van der Waals surface area contributed by atoms with Gasteiger partial charge in [-0.1, -0.05) is 43.7 Å². The molecule has 0 aliphatic heterocycles. The molecule has 0 unspecified atom stereocenters. The largest absolute Gasteiger partial charge is 0.340 e. The molecule has 1 aromatic rings. The lowest BCUT2D eigenvalue weighted by Crippen LogP contribution is -2.42. The molecule has 0 aliphatic rings. The molecular weight excluding hydrogens is 224 g/mol. The van der Waals surface area contributed by atoms with E-state index in [4.69, 9.17) is 5.73 Å². The fraction of sp³-hybridized carbons (Fsp3) is 0.533. The van der Waals surface area contributed by atoms with Crippen LogP contribution in [0, 0.1) is 12.8 Å². The summed E-state index contributed by atoms with van der Waals surface area (Å²) in [6.45, 7) is 6.82. The van der Waals surface area contributed by atoms with E-state index >= 15 is 0 Å². The fourth-order valence-electron chi connectivity index (χ4n) is 2.05. The van der Waals surface area contributed by atoms with Gasteiger partial charge in [0.2, 0.25) is 5.91 Å². The summed E-state index contributed by atoms with van der Waals surface area (Å²) in [6.07, 6.45) is 0.733. The number of likely N-dealkylation sites (N-methyl/N-ethyl adjacent to an activating group) is 1. The summed E-state index contributed by atoms with van der Waals surface area (Å²) in [5.41, 5.74) is 8.26. The number of nitrogens with zero attached hydrogens (tertiary/aromatic N) is 1. The predicted molar refractivity (Wildman–Crippen MR) is 75.1 cm³/mol. The summed E-state index contributed by atoms with van der Waals surface area (Å²) in [6, 6.07) is 7.80. The molecule has 3 heteroatoms. The van der Waals surface area contributed by atoms with Crippen molar-refractivity contribution in [2.45, 2.75) is 39.8 Å². The molecule has 0 saturated carbocycles. The molecular formula is C15H24N2O. The highest BCUT2D eigenvalue weighted by Gasteiger charge is 2.18. The van der Waals surface area contributed by atoms with E-state index in [-0.39, 0.29) is 11.9 Å². The van der Waals surface area contributed by atoms with Crippen molar-refractivity contribution in [3.8, 4) is 0 Å². The maximum absolute atomic E-state index is 12.1. The Morgan fingerprint density at radius 1 is 1.39 bits per heavy atom. The van der Waals surface area contributed by atoms with Crippen molar-refractivity contribution in [1.29, 1.82) is 0 Å². The van der Waals surface area contributed by atoms with Gasteiger partial charge in [0.05, 0.1) is 6.04 Å². The second-order valence-corrected chi connectivity index (χ2v) is 5.42. The zero-order chi connectivity index (χ0) is 13.7. The molecule has 0 heterocycles. The molecule has 2 N–H and O–H groups in total. The molecule has 0 spiro atoms. The minimum atomic E-state index is -0.389. The number of nitrogens with two attached hydrogens (primary N) is 1. The Morgan fingerprint density at radius 3 is 2.61 bits per heavy atom. The van der Waals surface area contributed by atoms with Gasteiger partial charge in [-0.25, -0.2) is 0 Å². The summed E-state index contributed by atoms with van der Waals surface area (Å²) in [4.78, 5) is 13.8. The Labute approximate surface area is 110 Å². The summed E-state index contributed by atoms with van der Waals surface area (Å²) in [5, 5.41) is 0. The number of carbonyl (C=O) groups is 1. The van der Waals surface area contributed by atoms with Crippen LogP contribution in [0.15, 0.2) is 24.3 Å². The van der Waals surface area contributed by atoms with Crippen LogP contribution >= 0.6 is 0 Å². The third kappa shape index (κ3) is 4.49. The molecule has 0 aliphatic carbocycles. The lowest BCUT2D eigenvalue weighted by atomic mass is 10.0. The number of amides is 1. The molecule has 100 valence electrons. The van der Waals surface area contributed by atoms with Crippen molar-refractivity contribution in [3.05, 3.63) is 35.4 Å². The second kappa shape index (κ2) is 6.55. The number of hydrogen-bond donors (Lipinski definition) is 1. The van der Waals surface area contributed by atoms with E-state index in [1.54, 1.807) is 4.90 Å². The number of aryl methyl sites for hydroxylation is 1. The van der Waals surface area contributed by atoms with Crippen molar-refractivity contribution >= 4 is 5.91 Å². The first-order valence-corrected chi connectivity index (χ1v) is 6.46. The Hall–Kier alpha value is -1.35. The minimum Gasteiger partial charge on any atom is -0.340 e. The molecule has 0 aromatic heterocycles. The maximum Gasteiger partial charge on any atom is 0.239 e. The van der Waals surface area contributed by atoms with Crippen molar-refractivity contribution in [1.82, 2.24) is 4.90 Å². The molecule has 3 nitrogen and oxygen atoms in total. The van der Waals surface area contributed by atoms with Crippen molar-refractivity contribution < 1.29 is 4.79 Å². The molecule has 0 fully saturated rings. The average Bonchev–Trinajstić information content (AvgIpc) is 2.27. The van der Waals surface area contributed by atoms with Crippen LogP contribution in [0.4, 0.5) is 0 Å². The van der Waals surface area contributed by atoms with Crippen molar-refractivity contribution in [2.75, 3.05) is 7.05 Å². The van der Waals surface area contributed by atoms with Gasteiger partial charge in [-0.15, -0.1) is 0 Å². The lowest BCUT2D eigenvalue weighted by molar-refractivity contribution is -0.132.